The van der Waals surface area contributed by atoms with Crippen molar-refractivity contribution in [2.45, 2.75) is 13.5 Å². The molecular weight excluding hydrogens is 384 g/mol. The molecule has 1 heterocycles. The molecule has 1 N–H and O–H groups in total. The molecule has 0 fully saturated rings. The number of aryl methyl sites for hydroxylation is 1. The smallest absolute Gasteiger partial charge is 0.408 e. The third-order valence-corrected chi connectivity index (χ3v) is 4.50. The molecule has 0 radical (unpaired) electrons. The summed E-state index contributed by atoms with van der Waals surface area (Å²) >= 11 is 9.27. The summed E-state index contributed by atoms with van der Waals surface area (Å²) in [5.74, 6) is -0.907. The van der Waals surface area contributed by atoms with Gasteiger partial charge in [-0.3, -0.25) is 9.36 Å². The Labute approximate surface area is 145 Å². The highest BCUT2D eigenvalue weighted by Crippen LogP contribution is 2.21. The summed E-state index contributed by atoms with van der Waals surface area (Å²) in [4.78, 5) is 24.1. The average Bonchev–Trinajstić information content (AvgIpc) is 2.78. The normalized spacial score (nSPS) is 10.9. The Morgan fingerprint density at radius 3 is 2.83 bits per heavy atom. The van der Waals surface area contributed by atoms with Crippen LogP contribution in [0.1, 0.15) is 5.56 Å². The highest BCUT2D eigenvalue weighted by molar-refractivity contribution is 9.10. The number of nitrogens with one attached hydrogen (secondary N) is 1. The highest BCUT2D eigenvalue weighted by Gasteiger charge is 2.13. The molecule has 3 rings (SSSR count). The molecule has 2 aromatic carbocycles. The molecule has 3 aromatic rings. The number of halogens is 2. The number of carbonyl (C=O) groups is 1. The molecule has 0 atom stereocenters. The zero-order chi connectivity index (χ0) is 16.6. The quantitative estimate of drug-likeness (QED) is 0.730. The monoisotopic (exact) mass is 394 g/mol. The number of fused-ring (bicyclic) bond motifs is 1. The second kappa shape index (κ2) is 6.22. The van der Waals surface area contributed by atoms with Crippen LogP contribution in [0, 0.1) is 6.92 Å². The number of nitrogens with zero attached hydrogens (tertiary/aromatic N) is 1. The van der Waals surface area contributed by atoms with E-state index in [9.17, 15) is 9.59 Å². The molecule has 0 spiro atoms. The highest BCUT2D eigenvalue weighted by atomic mass is 79.9. The van der Waals surface area contributed by atoms with Crippen molar-refractivity contribution in [3.63, 3.8) is 0 Å². The summed E-state index contributed by atoms with van der Waals surface area (Å²) in [6, 6.07) is 10.3. The minimum Gasteiger partial charge on any atom is -0.408 e. The van der Waals surface area contributed by atoms with Gasteiger partial charge in [-0.05, 0) is 42.8 Å². The lowest BCUT2D eigenvalue weighted by molar-refractivity contribution is -0.116. The number of carbonyl (C=O) groups excluding carboxylic acids is 1. The van der Waals surface area contributed by atoms with Crippen LogP contribution in [0.5, 0.6) is 0 Å². The van der Waals surface area contributed by atoms with Crippen LogP contribution in [0.4, 0.5) is 5.69 Å². The average molecular weight is 396 g/mol. The lowest BCUT2D eigenvalue weighted by Crippen LogP contribution is -2.24. The van der Waals surface area contributed by atoms with Crippen LogP contribution in [0.25, 0.3) is 11.1 Å². The topological polar surface area (TPSA) is 64.2 Å². The maximum absolute atomic E-state index is 12.2. The zero-order valence-corrected chi connectivity index (χ0v) is 14.4. The first-order valence-corrected chi connectivity index (χ1v) is 7.96. The molecule has 0 saturated carbocycles. The van der Waals surface area contributed by atoms with Crippen LogP contribution in [-0.2, 0) is 11.3 Å². The summed E-state index contributed by atoms with van der Waals surface area (Å²) in [5, 5.41) is 3.23. The Balaban J connectivity index is 1.84. The van der Waals surface area contributed by atoms with Gasteiger partial charge >= 0.3 is 5.76 Å². The summed E-state index contributed by atoms with van der Waals surface area (Å²) in [6.07, 6.45) is 0. The van der Waals surface area contributed by atoms with E-state index in [0.29, 0.717) is 21.8 Å². The fourth-order valence-corrected chi connectivity index (χ4v) is 2.67. The maximum Gasteiger partial charge on any atom is 0.420 e. The van der Waals surface area contributed by atoms with Gasteiger partial charge in [-0.15, -0.1) is 0 Å². The van der Waals surface area contributed by atoms with Crippen molar-refractivity contribution in [3.8, 4) is 0 Å². The van der Waals surface area contributed by atoms with Crippen molar-refractivity contribution in [1.82, 2.24) is 4.57 Å². The van der Waals surface area contributed by atoms with E-state index in [1.807, 2.05) is 19.1 Å². The Morgan fingerprint density at radius 1 is 1.30 bits per heavy atom. The molecule has 0 saturated heterocycles. The van der Waals surface area contributed by atoms with E-state index in [4.69, 9.17) is 16.0 Å². The number of amides is 1. The third kappa shape index (κ3) is 3.33. The van der Waals surface area contributed by atoms with Crippen molar-refractivity contribution in [1.29, 1.82) is 0 Å². The van der Waals surface area contributed by atoms with Crippen LogP contribution in [-0.4, -0.2) is 10.5 Å². The van der Waals surface area contributed by atoms with Crippen LogP contribution in [0.2, 0.25) is 5.02 Å². The Morgan fingerprint density at radius 2 is 2.09 bits per heavy atom. The van der Waals surface area contributed by atoms with Crippen molar-refractivity contribution in [2.75, 3.05) is 5.32 Å². The number of aromatic nitrogens is 1. The minimum atomic E-state index is -0.593. The molecule has 23 heavy (non-hydrogen) atoms. The van der Waals surface area contributed by atoms with Gasteiger partial charge in [-0.25, -0.2) is 4.79 Å². The van der Waals surface area contributed by atoms with Crippen LogP contribution in [0.15, 0.2) is 50.1 Å². The lowest BCUT2D eigenvalue weighted by atomic mass is 10.2. The molecule has 0 aliphatic carbocycles. The number of hydrogen-bond acceptors (Lipinski definition) is 3. The Kier molecular flexibility index (Phi) is 4.28. The molecule has 1 amide bonds. The fourth-order valence-electron chi connectivity index (χ4n) is 2.26. The summed E-state index contributed by atoms with van der Waals surface area (Å²) in [5.41, 5.74) is 2.55. The summed E-state index contributed by atoms with van der Waals surface area (Å²) < 4.78 is 7.34. The fraction of sp³-hybridized carbons (Fsp3) is 0.125. The predicted molar refractivity (Wildman–Crippen MR) is 93.0 cm³/mol. The van der Waals surface area contributed by atoms with E-state index >= 15 is 0 Å². The maximum atomic E-state index is 12.2. The molecule has 0 unspecified atom stereocenters. The van der Waals surface area contributed by atoms with Crippen LogP contribution in [0.3, 0.4) is 0 Å². The molecular formula is C16H12BrClN2O3. The lowest BCUT2D eigenvalue weighted by Gasteiger charge is -2.07. The number of rotatable bonds is 3. The van der Waals surface area contributed by atoms with E-state index in [0.717, 1.165) is 10.0 Å². The van der Waals surface area contributed by atoms with Gasteiger partial charge in [0.25, 0.3) is 0 Å². The largest absolute Gasteiger partial charge is 0.420 e. The second-order valence-electron chi connectivity index (χ2n) is 5.08. The summed E-state index contributed by atoms with van der Waals surface area (Å²) in [6.45, 7) is 1.79. The molecule has 1 aromatic heterocycles. The van der Waals surface area contributed by atoms with E-state index in [1.54, 1.807) is 24.3 Å². The van der Waals surface area contributed by atoms with Gasteiger partial charge in [0.05, 0.1) is 5.52 Å². The zero-order valence-electron chi connectivity index (χ0n) is 12.1. The van der Waals surface area contributed by atoms with Crippen LogP contribution < -0.4 is 11.1 Å². The Bertz CT molecular complexity index is 962. The van der Waals surface area contributed by atoms with E-state index in [2.05, 4.69) is 21.2 Å². The minimum absolute atomic E-state index is 0.136. The first-order valence-electron chi connectivity index (χ1n) is 6.79. The van der Waals surface area contributed by atoms with Gasteiger partial charge in [-0.2, -0.15) is 0 Å². The molecule has 7 heteroatoms. The van der Waals surface area contributed by atoms with E-state index in [-0.39, 0.29) is 12.5 Å². The van der Waals surface area contributed by atoms with Gasteiger partial charge in [0.15, 0.2) is 5.58 Å². The van der Waals surface area contributed by atoms with Gasteiger partial charge in [-0.1, -0.05) is 27.5 Å². The van der Waals surface area contributed by atoms with Gasteiger partial charge in [0, 0.05) is 21.2 Å². The molecule has 118 valence electrons. The standard InChI is InChI=1S/C16H12BrClN2O3/c1-9-6-11(3-4-12(9)17)19-15(21)8-20-13-5-2-10(18)7-14(13)23-16(20)22/h2-7H,8H2,1H3,(H,19,21). The first kappa shape index (κ1) is 15.8. The number of hydrogen-bond donors (Lipinski definition) is 1. The summed E-state index contributed by atoms with van der Waals surface area (Å²) in [7, 11) is 0. The molecule has 5 nitrogen and oxygen atoms in total. The molecule has 0 aliphatic rings. The van der Waals surface area contributed by atoms with E-state index in [1.165, 1.54) is 4.57 Å². The molecule has 0 bridgehead atoms. The third-order valence-electron chi connectivity index (χ3n) is 3.37. The van der Waals surface area contributed by atoms with E-state index < -0.39 is 5.76 Å². The Hall–Kier alpha value is -2.05. The number of anilines is 1. The number of benzene rings is 2. The predicted octanol–water partition coefficient (Wildman–Crippen LogP) is 3.96. The SMILES string of the molecule is Cc1cc(NC(=O)Cn2c(=O)oc3cc(Cl)ccc32)ccc1Br. The first-order chi connectivity index (χ1) is 10.9. The van der Waals surface area contributed by atoms with Gasteiger partial charge in [0.2, 0.25) is 5.91 Å². The second-order valence-corrected chi connectivity index (χ2v) is 6.37. The van der Waals surface area contributed by atoms with Crippen molar-refractivity contribution in [2.24, 2.45) is 0 Å². The van der Waals surface area contributed by atoms with Gasteiger partial charge in [0.1, 0.15) is 6.54 Å². The van der Waals surface area contributed by atoms with Gasteiger partial charge < -0.3 is 9.73 Å². The van der Waals surface area contributed by atoms with Crippen LogP contribution >= 0.6 is 27.5 Å². The van der Waals surface area contributed by atoms with Crippen molar-refractivity contribution >= 4 is 50.2 Å². The van der Waals surface area contributed by atoms with Crippen molar-refractivity contribution < 1.29 is 9.21 Å². The van der Waals surface area contributed by atoms with Crippen molar-refractivity contribution in [3.05, 3.63) is 62.0 Å². The molecule has 0 aliphatic heterocycles. The number of oxazole rings is 1.